The molecule has 31 heavy (non-hydrogen) atoms. The first kappa shape index (κ1) is 23.1. The van der Waals surface area contributed by atoms with Crippen LogP contribution in [0.25, 0.3) is 0 Å². The SMILES string of the molecule is COc1cc(CNCc2ccc3c(c2)OCO3)cc(Cl)c1OCc1ccc(C)cc1.Cl. The molecule has 0 radical (unpaired) electrons. The maximum absolute atomic E-state index is 6.50. The van der Waals surface area contributed by atoms with Crippen LogP contribution in [0.15, 0.2) is 54.6 Å². The van der Waals surface area contributed by atoms with Crippen molar-refractivity contribution in [3.05, 3.63) is 81.9 Å². The fourth-order valence-corrected chi connectivity index (χ4v) is 3.55. The molecule has 0 bridgehead atoms. The first-order chi connectivity index (χ1) is 14.6. The maximum atomic E-state index is 6.50. The van der Waals surface area contributed by atoms with Gasteiger partial charge in [-0.2, -0.15) is 0 Å². The van der Waals surface area contributed by atoms with E-state index in [-0.39, 0.29) is 19.2 Å². The number of nitrogens with one attached hydrogen (secondary N) is 1. The molecule has 164 valence electrons. The lowest BCUT2D eigenvalue weighted by Gasteiger charge is -2.15. The van der Waals surface area contributed by atoms with E-state index in [0.29, 0.717) is 36.2 Å². The van der Waals surface area contributed by atoms with E-state index < -0.39 is 0 Å². The Hall–Kier alpha value is -2.60. The highest BCUT2D eigenvalue weighted by molar-refractivity contribution is 6.32. The predicted molar refractivity (Wildman–Crippen MR) is 124 cm³/mol. The van der Waals surface area contributed by atoms with Crippen LogP contribution in [-0.4, -0.2) is 13.9 Å². The molecule has 4 rings (SSSR count). The number of fused-ring (bicyclic) bond motifs is 1. The molecule has 0 unspecified atom stereocenters. The average molecular weight is 462 g/mol. The van der Waals surface area contributed by atoms with Crippen molar-refractivity contribution in [2.24, 2.45) is 0 Å². The first-order valence-electron chi connectivity index (χ1n) is 9.76. The third kappa shape index (κ3) is 5.76. The van der Waals surface area contributed by atoms with Crippen LogP contribution in [0.4, 0.5) is 0 Å². The molecular formula is C24H25Cl2NO4. The molecule has 0 aromatic heterocycles. The molecule has 1 aliphatic rings. The Morgan fingerprint density at radius 1 is 0.903 bits per heavy atom. The van der Waals surface area contributed by atoms with E-state index in [0.717, 1.165) is 28.2 Å². The summed E-state index contributed by atoms with van der Waals surface area (Å²) in [6, 6.07) is 18.0. The molecule has 0 spiro atoms. The summed E-state index contributed by atoms with van der Waals surface area (Å²) >= 11 is 6.50. The lowest BCUT2D eigenvalue weighted by atomic mass is 10.1. The van der Waals surface area contributed by atoms with Crippen LogP contribution in [0.5, 0.6) is 23.0 Å². The fourth-order valence-electron chi connectivity index (χ4n) is 3.26. The van der Waals surface area contributed by atoms with Crippen LogP contribution < -0.4 is 24.3 Å². The molecular weight excluding hydrogens is 437 g/mol. The van der Waals surface area contributed by atoms with Gasteiger partial charge in [0.1, 0.15) is 6.61 Å². The quantitative estimate of drug-likeness (QED) is 0.467. The third-order valence-electron chi connectivity index (χ3n) is 4.89. The first-order valence-corrected chi connectivity index (χ1v) is 10.1. The smallest absolute Gasteiger partial charge is 0.231 e. The van der Waals surface area contributed by atoms with Gasteiger partial charge in [-0.15, -0.1) is 12.4 Å². The summed E-state index contributed by atoms with van der Waals surface area (Å²) in [5.41, 5.74) is 4.43. The summed E-state index contributed by atoms with van der Waals surface area (Å²) in [4.78, 5) is 0. The minimum atomic E-state index is 0. The number of halogens is 2. The normalized spacial score (nSPS) is 11.7. The van der Waals surface area contributed by atoms with Gasteiger partial charge in [-0.25, -0.2) is 0 Å². The summed E-state index contributed by atoms with van der Waals surface area (Å²) in [7, 11) is 1.62. The second-order valence-electron chi connectivity index (χ2n) is 7.17. The maximum Gasteiger partial charge on any atom is 0.231 e. The Morgan fingerprint density at radius 2 is 1.61 bits per heavy atom. The van der Waals surface area contributed by atoms with E-state index in [1.807, 2.05) is 42.5 Å². The summed E-state index contributed by atoms with van der Waals surface area (Å²) in [6.45, 7) is 4.11. The molecule has 3 aromatic carbocycles. The molecule has 7 heteroatoms. The number of rotatable bonds is 8. The summed E-state index contributed by atoms with van der Waals surface area (Å²) in [5.74, 6) is 2.75. The lowest BCUT2D eigenvalue weighted by Crippen LogP contribution is -2.13. The van der Waals surface area contributed by atoms with E-state index in [1.165, 1.54) is 5.56 Å². The van der Waals surface area contributed by atoms with Crippen LogP contribution >= 0.6 is 24.0 Å². The Morgan fingerprint density at radius 3 is 2.39 bits per heavy atom. The van der Waals surface area contributed by atoms with Gasteiger partial charge in [0.05, 0.1) is 12.1 Å². The Kier molecular flexibility index (Phi) is 7.91. The van der Waals surface area contributed by atoms with Gasteiger partial charge >= 0.3 is 0 Å². The second-order valence-corrected chi connectivity index (χ2v) is 7.58. The summed E-state index contributed by atoms with van der Waals surface area (Å²) in [6.07, 6.45) is 0. The van der Waals surface area contributed by atoms with Crippen molar-refractivity contribution >= 4 is 24.0 Å². The molecule has 0 aliphatic carbocycles. The zero-order valence-corrected chi connectivity index (χ0v) is 19.0. The van der Waals surface area contributed by atoms with Crippen LogP contribution in [0.2, 0.25) is 5.02 Å². The molecule has 1 heterocycles. The highest BCUT2D eigenvalue weighted by Gasteiger charge is 2.14. The van der Waals surface area contributed by atoms with Crippen LogP contribution in [0.1, 0.15) is 22.3 Å². The molecule has 0 amide bonds. The van der Waals surface area contributed by atoms with Gasteiger partial charge in [0, 0.05) is 13.1 Å². The molecule has 0 saturated heterocycles. The van der Waals surface area contributed by atoms with E-state index in [1.54, 1.807) is 7.11 Å². The van der Waals surface area contributed by atoms with Crippen molar-refractivity contribution in [3.63, 3.8) is 0 Å². The minimum Gasteiger partial charge on any atom is -0.493 e. The van der Waals surface area contributed by atoms with E-state index in [2.05, 4.69) is 24.4 Å². The molecule has 3 aromatic rings. The van der Waals surface area contributed by atoms with E-state index >= 15 is 0 Å². The van der Waals surface area contributed by atoms with Gasteiger partial charge in [0.15, 0.2) is 23.0 Å². The Balaban J connectivity index is 0.00000272. The molecule has 0 saturated carbocycles. The molecule has 1 aliphatic heterocycles. The van der Waals surface area contributed by atoms with Gasteiger partial charge in [-0.1, -0.05) is 47.5 Å². The highest BCUT2D eigenvalue weighted by Crippen LogP contribution is 2.37. The van der Waals surface area contributed by atoms with Gasteiger partial charge < -0.3 is 24.3 Å². The van der Waals surface area contributed by atoms with Crippen molar-refractivity contribution in [2.75, 3.05) is 13.9 Å². The number of aryl methyl sites for hydroxylation is 1. The molecule has 0 fully saturated rings. The molecule has 1 N–H and O–H groups in total. The topological polar surface area (TPSA) is 49.0 Å². The predicted octanol–water partition coefficient (Wildman–Crippen LogP) is 5.68. The van der Waals surface area contributed by atoms with Gasteiger partial charge in [-0.3, -0.25) is 0 Å². The molecule has 5 nitrogen and oxygen atoms in total. The van der Waals surface area contributed by atoms with Crippen LogP contribution in [-0.2, 0) is 19.7 Å². The molecule has 0 atom stereocenters. The number of ether oxygens (including phenoxy) is 4. The minimum absolute atomic E-state index is 0. The number of hydrogen-bond donors (Lipinski definition) is 1. The average Bonchev–Trinajstić information content (AvgIpc) is 3.22. The second kappa shape index (κ2) is 10.6. The van der Waals surface area contributed by atoms with Crippen molar-refractivity contribution in [3.8, 4) is 23.0 Å². The van der Waals surface area contributed by atoms with Crippen molar-refractivity contribution in [2.45, 2.75) is 26.6 Å². The third-order valence-corrected chi connectivity index (χ3v) is 5.17. The number of benzene rings is 3. The van der Waals surface area contributed by atoms with Gasteiger partial charge in [0.2, 0.25) is 6.79 Å². The van der Waals surface area contributed by atoms with E-state index in [9.17, 15) is 0 Å². The standard InChI is InChI=1S/C24H24ClNO4.ClH/c1-16-3-5-17(6-4-16)14-28-24-20(25)9-19(11-23(24)27-2)13-26-12-18-7-8-21-22(10-18)30-15-29-21;/h3-11,26H,12-15H2,1-2H3;1H. The van der Waals surface area contributed by atoms with Crippen molar-refractivity contribution in [1.29, 1.82) is 0 Å². The fraction of sp³-hybridized carbons (Fsp3) is 0.250. The summed E-state index contributed by atoms with van der Waals surface area (Å²) < 4.78 is 22.2. The van der Waals surface area contributed by atoms with Crippen molar-refractivity contribution < 1.29 is 18.9 Å². The zero-order chi connectivity index (χ0) is 20.9. The largest absolute Gasteiger partial charge is 0.493 e. The number of hydrogen-bond acceptors (Lipinski definition) is 5. The van der Waals surface area contributed by atoms with Crippen molar-refractivity contribution in [1.82, 2.24) is 5.32 Å². The van der Waals surface area contributed by atoms with E-state index in [4.69, 9.17) is 30.5 Å². The lowest BCUT2D eigenvalue weighted by molar-refractivity contribution is 0.174. The van der Waals surface area contributed by atoms with Gasteiger partial charge in [-0.05, 0) is 47.9 Å². The summed E-state index contributed by atoms with van der Waals surface area (Å²) in [5, 5.41) is 3.95. The monoisotopic (exact) mass is 461 g/mol. The van der Waals surface area contributed by atoms with Gasteiger partial charge in [0.25, 0.3) is 0 Å². The Bertz CT molecular complexity index is 1020. The van der Waals surface area contributed by atoms with Crippen LogP contribution in [0.3, 0.4) is 0 Å². The highest BCUT2D eigenvalue weighted by atomic mass is 35.5. The number of methoxy groups -OCH3 is 1. The van der Waals surface area contributed by atoms with Crippen LogP contribution in [0, 0.1) is 6.92 Å². The zero-order valence-electron chi connectivity index (χ0n) is 17.4. The Labute approximate surface area is 193 Å².